The van der Waals surface area contributed by atoms with Crippen LogP contribution in [0.15, 0.2) is 0 Å². The fourth-order valence-corrected chi connectivity index (χ4v) is 10.4. The van der Waals surface area contributed by atoms with E-state index in [0.717, 1.165) is 51.6 Å². The van der Waals surface area contributed by atoms with Crippen molar-refractivity contribution in [2.45, 2.75) is 124 Å². The lowest BCUT2D eigenvalue weighted by Crippen LogP contribution is -2.59. The number of esters is 2. The number of nitrogens with zero attached hydrogens (tertiary/aromatic N) is 1. The summed E-state index contributed by atoms with van der Waals surface area (Å²) in [6, 6.07) is 0. The van der Waals surface area contributed by atoms with Gasteiger partial charge in [0.05, 0.1) is 12.8 Å². The summed E-state index contributed by atoms with van der Waals surface area (Å²) in [5.74, 6) is 2.99. The molecule has 6 aliphatic rings. The van der Waals surface area contributed by atoms with Crippen molar-refractivity contribution in [1.29, 1.82) is 0 Å². The number of hydrogen-bond acceptors (Lipinski definition) is 5. The summed E-state index contributed by atoms with van der Waals surface area (Å²) in [5, 5.41) is 0. The summed E-state index contributed by atoms with van der Waals surface area (Å²) in [4.78, 5) is 40.4. The molecule has 6 nitrogen and oxygen atoms in total. The van der Waals surface area contributed by atoms with Crippen LogP contribution in [-0.4, -0.2) is 48.0 Å². The number of hydrogen-bond donors (Lipinski definition) is 0. The predicted octanol–water partition coefficient (Wildman–Crippen LogP) is 6.16. The third-order valence-corrected chi connectivity index (χ3v) is 12.5. The summed E-state index contributed by atoms with van der Waals surface area (Å²) in [7, 11) is 0. The molecule has 2 heterocycles. The van der Waals surface area contributed by atoms with Crippen LogP contribution in [0.1, 0.15) is 112 Å². The van der Waals surface area contributed by atoms with Gasteiger partial charge in [-0.05, 0) is 113 Å². The van der Waals surface area contributed by atoms with Gasteiger partial charge in [-0.15, -0.1) is 0 Å². The number of rotatable bonds is 6. The highest BCUT2D eigenvalue weighted by molar-refractivity contribution is 5.78. The Hall–Kier alpha value is -1.59. The number of carbonyl (C=O) groups is 3. The minimum atomic E-state index is -0.249. The third kappa shape index (κ3) is 4.70. The largest absolute Gasteiger partial charge is 0.462 e. The van der Waals surface area contributed by atoms with Gasteiger partial charge in [-0.2, -0.15) is 0 Å². The Morgan fingerprint density at radius 3 is 2.37 bits per heavy atom. The van der Waals surface area contributed by atoms with E-state index in [9.17, 15) is 14.4 Å². The molecule has 6 heteroatoms. The molecule has 0 radical (unpaired) electrons. The highest BCUT2D eigenvalue weighted by Gasteiger charge is 2.65. The van der Waals surface area contributed by atoms with Gasteiger partial charge in [0, 0.05) is 24.9 Å². The van der Waals surface area contributed by atoms with E-state index in [4.69, 9.17) is 9.47 Å². The van der Waals surface area contributed by atoms with Crippen LogP contribution >= 0.6 is 0 Å². The van der Waals surface area contributed by atoms with Gasteiger partial charge < -0.3 is 14.4 Å². The number of ether oxygens (including phenoxy) is 2. The lowest BCUT2D eigenvalue weighted by molar-refractivity contribution is -0.197. The quantitative estimate of drug-likeness (QED) is 0.386. The van der Waals surface area contributed by atoms with E-state index in [1.807, 2.05) is 18.7 Å². The summed E-state index contributed by atoms with van der Waals surface area (Å²) < 4.78 is 12.3. The minimum Gasteiger partial charge on any atom is -0.462 e. The topological polar surface area (TPSA) is 72.9 Å². The average molecular weight is 530 g/mol. The zero-order valence-corrected chi connectivity index (χ0v) is 24.5. The van der Waals surface area contributed by atoms with Crippen molar-refractivity contribution >= 4 is 17.8 Å². The molecule has 10 atom stereocenters. The maximum absolute atomic E-state index is 13.1. The lowest BCUT2D eigenvalue weighted by atomic mass is 9.43. The molecular formula is C32H51NO5. The summed E-state index contributed by atoms with van der Waals surface area (Å²) >= 11 is 0. The van der Waals surface area contributed by atoms with Crippen LogP contribution in [0.2, 0.25) is 0 Å². The molecule has 2 saturated heterocycles. The number of carbonyl (C=O) groups excluding carboxylic acids is 3. The van der Waals surface area contributed by atoms with E-state index in [2.05, 4.69) is 20.8 Å². The van der Waals surface area contributed by atoms with Crippen LogP contribution in [-0.2, 0) is 23.9 Å². The Morgan fingerprint density at radius 2 is 1.66 bits per heavy atom. The predicted molar refractivity (Wildman–Crippen MR) is 146 cm³/mol. The van der Waals surface area contributed by atoms with Gasteiger partial charge in [0.15, 0.2) is 0 Å². The fraction of sp³-hybridized carbons (Fsp3) is 0.906. The maximum atomic E-state index is 13.1. The molecule has 0 spiro atoms. The Morgan fingerprint density at radius 1 is 0.947 bits per heavy atom. The minimum absolute atomic E-state index is 0.00862. The molecule has 4 aliphatic carbocycles. The van der Waals surface area contributed by atoms with Crippen LogP contribution in [0.5, 0.6) is 0 Å². The fourth-order valence-electron chi connectivity index (χ4n) is 10.4. The molecule has 4 saturated carbocycles. The van der Waals surface area contributed by atoms with Crippen LogP contribution in [0.4, 0.5) is 0 Å². The molecule has 1 amide bonds. The van der Waals surface area contributed by atoms with Crippen LogP contribution in [0, 0.1) is 46.3 Å². The smallest absolute Gasteiger partial charge is 0.306 e. The van der Waals surface area contributed by atoms with Gasteiger partial charge in [0.25, 0.3) is 0 Å². The van der Waals surface area contributed by atoms with E-state index >= 15 is 0 Å². The molecule has 0 aromatic rings. The molecule has 0 aromatic heterocycles. The molecule has 2 aliphatic heterocycles. The normalized spacial score (nSPS) is 43.2. The van der Waals surface area contributed by atoms with Crippen LogP contribution in [0.25, 0.3) is 0 Å². The molecule has 38 heavy (non-hydrogen) atoms. The molecule has 6 rings (SSSR count). The lowest BCUT2D eigenvalue weighted by Gasteiger charge is -2.62. The molecule has 0 unspecified atom stereocenters. The highest BCUT2D eigenvalue weighted by atomic mass is 16.6. The zero-order valence-electron chi connectivity index (χ0n) is 24.5. The Balaban J connectivity index is 1.43. The van der Waals surface area contributed by atoms with Gasteiger partial charge in [-0.1, -0.05) is 20.8 Å². The first-order valence-corrected chi connectivity index (χ1v) is 15.8. The Bertz CT molecular complexity index is 916. The first-order valence-electron chi connectivity index (χ1n) is 15.8. The second kappa shape index (κ2) is 10.8. The van der Waals surface area contributed by atoms with Gasteiger partial charge in [0.2, 0.25) is 5.91 Å². The van der Waals surface area contributed by atoms with Crippen LogP contribution < -0.4 is 0 Å². The Labute approximate surface area is 229 Å². The molecule has 0 N–H and O–H groups in total. The van der Waals surface area contributed by atoms with Crippen molar-refractivity contribution in [2.75, 3.05) is 13.1 Å². The van der Waals surface area contributed by atoms with Crippen molar-refractivity contribution in [3.63, 3.8) is 0 Å². The van der Waals surface area contributed by atoms with Gasteiger partial charge in [-0.3, -0.25) is 14.4 Å². The zero-order chi connectivity index (χ0) is 27.2. The van der Waals surface area contributed by atoms with E-state index in [-0.39, 0.29) is 53.7 Å². The van der Waals surface area contributed by atoms with Gasteiger partial charge in [-0.25, -0.2) is 0 Å². The summed E-state index contributed by atoms with van der Waals surface area (Å²) in [6.07, 6.45) is 10.4. The van der Waals surface area contributed by atoms with E-state index in [0.29, 0.717) is 41.9 Å². The Kier molecular flexibility index (Phi) is 7.92. The van der Waals surface area contributed by atoms with Crippen molar-refractivity contribution < 1.29 is 23.9 Å². The van der Waals surface area contributed by atoms with Gasteiger partial charge in [0.1, 0.15) is 12.2 Å². The van der Waals surface area contributed by atoms with Crippen molar-refractivity contribution in [3.8, 4) is 0 Å². The van der Waals surface area contributed by atoms with Crippen molar-refractivity contribution in [1.82, 2.24) is 4.90 Å². The third-order valence-electron chi connectivity index (χ3n) is 12.5. The highest BCUT2D eigenvalue weighted by Crippen LogP contribution is 2.69. The van der Waals surface area contributed by atoms with E-state index in [1.165, 1.54) is 19.3 Å². The standard InChI is InChI=1S/C32H51NO5/c1-6-33(7-2)28(34)13-8-20(3)24-11-12-25-23-10-9-21-18-22-16-17-31(21,4)26(23)19-27(32(24,25)5)38-30(36)15-14-29(35)37-22/h20-27H,6-19H2,1-5H3/t20-,21-,22-,23+,24-,25+,26+,27+,31+,32-/m1/s1. The average Bonchev–Trinajstić information content (AvgIpc) is 3.25. The second-order valence-corrected chi connectivity index (χ2v) is 13.9. The van der Waals surface area contributed by atoms with E-state index < -0.39 is 0 Å². The number of fused-ring (bicyclic) bond motifs is 8. The number of amides is 1. The molecule has 214 valence electrons. The second-order valence-electron chi connectivity index (χ2n) is 13.9. The first kappa shape index (κ1) is 28.0. The molecule has 0 aromatic carbocycles. The molecule has 5 bridgehead atoms. The van der Waals surface area contributed by atoms with Crippen LogP contribution in [0.3, 0.4) is 0 Å². The molecule has 6 fully saturated rings. The molecular weight excluding hydrogens is 478 g/mol. The first-order chi connectivity index (χ1) is 18.1. The van der Waals surface area contributed by atoms with Gasteiger partial charge >= 0.3 is 11.9 Å². The summed E-state index contributed by atoms with van der Waals surface area (Å²) in [5.41, 5.74) is 0.154. The van der Waals surface area contributed by atoms with Crippen molar-refractivity contribution in [3.05, 3.63) is 0 Å². The van der Waals surface area contributed by atoms with E-state index in [1.54, 1.807) is 0 Å². The van der Waals surface area contributed by atoms with Crippen molar-refractivity contribution in [2.24, 2.45) is 46.3 Å². The monoisotopic (exact) mass is 529 g/mol. The SMILES string of the molecule is CCN(CC)C(=O)CC[C@@H](C)[C@H]1CC[C@H]2[C@@H]3CC[C@@H]4C[C@H]5CC[C@]4(C)[C@H]3C[C@H](OC(=O)CCC(=O)O5)[C@]12C. The summed E-state index contributed by atoms with van der Waals surface area (Å²) in [6.45, 7) is 12.9. The maximum Gasteiger partial charge on any atom is 0.306 e.